The van der Waals surface area contributed by atoms with Crippen molar-refractivity contribution >= 4 is 22.8 Å². The number of hydrogen-bond acceptors (Lipinski definition) is 6. The maximum atomic E-state index is 13.5. The van der Waals surface area contributed by atoms with E-state index < -0.39 is 0 Å². The van der Waals surface area contributed by atoms with Gasteiger partial charge in [0.05, 0.1) is 29.2 Å². The molecule has 2 aromatic carbocycles. The molecule has 3 heterocycles. The van der Waals surface area contributed by atoms with Crippen LogP contribution in [-0.4, -0.2) is 61.4 Å². The molecule has 0 aliphatic carbocycles. The second kappa shape index (κ2) is 8.14. The molecule has 31 heavy (non-hydrogen) atoms. The summed E-state index contributed by atoms with van der Waals surface area (Å²) in [5.74, 6) is 0.697. The predicted molar refractivity (Wildman–Crippen MR) is 118 cm³/mol. The third-order valence-electron chi connectivity index (χ3n) is 5.75. The molecule has 0 bridgehead atoms. The lowest BCUT2D eigenvalue weighted by atomic mass is 10.1. The van der Waals surface area contributed by atoms with E-state index in [0.717, 1.165) is 23.9 Å². The molecule has 5 rings (SSSR count). The zero-order valence-corrected chi connectivity index (χ0v) is 17.3. The number of nitrogens with zero attached hydrogens (tertiary/aromatic N) is 7. The molecule has 2 aromatic heterocycles. The Morgan fingerprint density at radius 1 is 0.968 bits per heavy atom. The number of carbonyl (C=O) groups is 1. The third-order valence-corrected chi connectivity index (χ3v) is 5.75. The molecule has 8 nitrogen and oxygen atoms in total. The fourth-order valence-electron chi connectivity index (χ4n) is 4.00. The van der Waals surface area contributed by atoms with Crippen molar-refractivity contribution in [3.8, 4) is 5.69 Å². The number of anilines is 1. The maximum absolute atomic E-state index is 13.5. The summed E-state index contributed by atoms with van der Waals surface area (Å²) >= 11 is 0. The van der Waals surface area contributed by atoms with Crippen LogP contribution in [0.4, 0.5) is 5.95 Å². The molecule has 156 valence electrons. The fraction of sp³-hybridized carbons (Fsp3) is 0.261. The van der Waals surface area contributed by atoms with Crippen LogP contribution in [-0.2, 0) is 0 Å². The number of para-hydroxylation sites is 2. The van der Waals surface area contributed by atoms with Crippen molar-refractivity contribution in [2.45, 2.75) is 19.4 Å². The van der Waals surface area contributed by atoms with Crippen LogP contribution in [0.1, 0.15) is 23.7 Å². The summed E-state index contributed by atoms with van der Waals surface area (Å²) in [4.78, 5) is 28.4. The SMILES string of the molecule is CC1CCN(c2ncc3ccccc3n2)CCN1C(=O)c1ccccc1-n1nccn1. The van der Waals surface area contributed by atoms with Gasteiger partial charge < -0.3 is 9.80 Å². The Kier molecular flexibility index (Phi) is 5.03. The molecule has 1 unspecified atom stereocenters. The molecule has 0 radical (unpaired) electrons. The van der Waals surface area contributed by atoms with Crippen LogP contribution < -0.4 is 4.90 Å². The van der Waals surface area contributed by atoms with Crippen LogP contribution in [0.25, 0.3) is 16.6 Å². The largest absolute Gasteiger partial charge is 0.339 e. The predicted octanol–water partition coefficient (Wildman–Crippen LogP) is 2.95. The Bertz CT molecular complexity index is 1210. The second-order valence-electron chi connectivity index (χ2n) is 7.69. The molecule has 1 amide bonds. The lowest BCUT2D eigenvalue weighted by molar-refractivity contribution is 0.0705. The van der Waals surface area contributed by atoms with Gasteiger partial charge in [-0.3, -0.25) is 4.79 Å². The Hall–Kier alpha value is -3.81. The third kappa shape index (κ3) is 3.72. The van der Waals surface area contributed by atoms with Gasteiger partial charge in [0.25, 0.3) is 5.91 Å². The molecule has 4 aromatic rings. The summed E-state index contributed by atoms with van der Waals surface area (Å²) < 4.78 is 0. The zero-order valence-electron chi connectivity index (χ0n) is 17.3. The van der Waals surface area contributed by atoms with Gasteiger partial charge in [0, 0.05) is 37.3 Å². The Labute approximate surface area is 180 Å². The number of aromatic nitrogens is 5. The quantitative estimate of drug-likeness (QED) is 0.514. The van der Waals surface area contributed by atoms with E-state index in [9.17, 15) is 4.79 Å². The van der Waals surface area contributed by atoms with Crippen LogP contribution >= 0.6 is 0 Å². The Morgan fingerprint density at radius 2 is 1.74 bits per heavy atom. The van der Waals surface area contributed by atoms with Gasteiger partial charge in [-0.15, -0.1) is 0 Å². The highest BCUT2D eigenvalue weighted by Gasteiger charge is 2.28. The first kappa shape index (κ1) is 19.2. The van der Waals surface area contributed by atoms with E-state index >= 15 is 0 Å². The minimum absolute atomic E-state index is 0.0123. The van der Waals surface area contributed by atoms with E-state index in [2.05, 4.69) is 27.0 Å². The van der Waals surface area contributed by atoms with E-state index in [4.69, 9.17) is 4.98 Å². The minimum Gasteiger partial charge on any atom is -0.339 e. The van der Waals surface area contributed by atoms with E-state index in [1.807, 2.05) is 59.6 Å². The monoisotopic (exact) mass is 413 g/mol. The summed E-state index contributed by atoms with van der Waals surface area (Å²) in [7, 11) is 0. The second-order valence-corrected chi connectivity index (χ2v) is 7.69. The van der Waals surface area contributed by atoms with Crippen molar-refractivity contribution in [3.05, 3.63) is 72.7 Å². The van der Waals surface area contributed by atoms with Crippen molar-refractivity contribution in [2.24, 2.45) is 0 Å². The van der Waals surface area contributed by atoms with Crippen molar-refractivity contribution in [1.82, 2.24) is 29.9 Å². The van der Waals surface area contributed by atoms with Gasteiger partial charge >= 0.3 is 0 Å². The molecule has 1 aliphatic heterocycles. The maximum Gasteiger partial charge on any atom is 0.256 e. The first-order chi connectivity index (χ1) is 15.2. The topological polar surface area (TPSA) is 80.0 Å². The first-order valence-electron chi connectivity index (χ1n) is 10.4. The Morgan fingerprint density at radius 3 is 2.61 bits per heavy atom. The molecule has 1 saturated heterocycles. The van der Waals surface area contributed by atoms with Crippen LogP contribution in [0.2, 0.25) is 0 Å². The number of amides is 1. The minimum atomic E-state index is -0.0123. The number of hydrogen-bond donors (Lipinski definition) is 0. The average molecular weight is 413 g/mol. The number of carbonyl (C=O) groups excluding carboxylic acids is 1. The van der Waals surface area contributed by atoms with Gasteiger partial charge in [0.1, 0.15) is 0 Å². The number of fused-ring (bicyclic) bond motifs is 1. The molecule has 0 saturated carbocycles. The van der Waals surface area contributed by atoms with Gasteiger partial charge in [-0.05, 0) is 31.5 Å². The van der Waals surface area contributed by atoms with Crippen LogP contribution in [0, 0.1) is 0 Å². The van der Waals surface area contributed by atoms with E-state index in [-0.39, 0.29) is 11.9 Å². The highest BCUT2D eigenvalue weighted by atomic mass is 16.2. The molecule has 0 N–H and O–H groups in total. The lowest BCUT2D eigenvalue weighted by Gasteiger charge is -2.27. The average Bonchev–Trinajstić information content (AvgIpc) is 3.28. The first-order valence-corrected chi connectivity index (χ1v) is 10.4. The smallest absolute Gasteiger partial charge is 0.256 e. The summed E-state index contributed by atoms with van der Waals surface area (Å²) in [5.41, 5.74) is 2.21. The van der Waals surface area contributed by atoms with E-state index in [1.54, 1.807) is 12.4 Å². The van der Waals surface area contributed by atoms with Crippen LogP contribution in [0.5, 0.6) is 0 Å². The lowest BCUT2D eigenvalue weighted by Crippen LogP contribution is -2.40. The van der Waals surface area contributed by atoms with Gasteiger partial charge in [0.15, 0.2) is 0 Å². The molecule has 1 atom stereocenters. The van der Waals surface area contributed by atoms with Crippen molar-refractivity contribution in [2.75, 3.05) is 24.5 Å². The molecular weight excluding hydrogens is 390 g/mol. The van der Waals surface area contributed by atoms with Crippen molar-refractivity contribution in [3.63, 3.8) is 0 Å². The molecular formula is C23H23N7O. The van der Waals surface area contributed by atoms with Gasteiger partial charge in [-0.25, -0.2) is 9.97 Å². The summed E-state index contributed by atoms with van der Waals surface area (Å²) in [6, 6.07) is 15.5. The number of benzene rings is 2. The molecule has 8 heteroatoms. The fourth-order valence-corrected chi connectivity index (χ4v) is 4.00. The highest BCUT2D eigenvalue weighted by molar-refractivity contribution is 5.98. The van der Waals surface area contributed by atoms with E-state index in [1.165, 1.54) is 4.80 Å². The van der Waals surface area contributed by atoms with Gasteiger partial charge in [0.2, 0.25) is 5.95 Å². The summed E-state index contributed by atoms with van der Waals surface area (Å²) in [5, 5.41) is 9.42. The van der Waals surface area contributed by atoms with E-state index in [0.29, 0.717) is 30.3 Å². The van der Waals surface area contributed by atoms with Gasteiger partial charge in [-0.2, -0.15) is 15.0 Å². The number of rotatable bonds is 3. The zero-order chi connectivity index (χ0) is 21.2. The Balaban J connectivity index is 1.39. The highest BCUT2D eigenvalue weighted by Crippen LogP contribution is 2.22. The molecule has 0 spiro atoms. The standard InChI is InChI=1S/C23H23N7O/c1-17-10-13-28(23-24-16-18-6-2-4-8-20(18)27-23)14-15-29(17)22(31)19-7-3-5-9-21(19)30-25-11-12-26-30/h2-9,11-12,16-17H,10,13-15H2,1H3. The van der Waals surface area contributed by atoms with Crippen LogP contribution in [0.15, 0.2) is 67.1 Å². The van der Waals surface area contributed by atoms with Crippen LogP contribution in [0.3, 0.4) is 0 Å². The van der Waals surface area contributed by atoms with Gasteiger partial charge in [-0.1, -0.05) is 30.3 Å². The van der Waals surface area contributed by atoms with Crippen molar-refractivity contribution in [1.29, 1.82) is 0 Å². The summed E-state index contributed by atoms with van der Waals surface area (Å²) in [6.45, 7) is 4.16. The normalized spacial score (nSPS) is 17.0. The van der Waals surface area contributed by atoms with Crippen molar-refractivity contribution < 1.29 is 4.79 Å². The summed E-state index contributed by atoms with van der Waals surface area (Å²) in [6.07, 6.45) is 5.92. The molecule has 1 fully saturated rings. The molecule has 1 aliphatic rings.